The molecule has 150 valence electrons. The minimum atomic E-state index is -0.153. The van der Waals surface area contributed by atoms with Crippen molar-refractivity contribution in [1.29, 1.82) is 0 Å². The van der Waals surface area contributed by atoms with Gasteiger partial charge in [-0.05, 0) is 31.0 Å². The smallest absolute Gasteiger partial charge is 0.261 e. The van der Waals surface area contributed by atoms with Crippen molar-refractivity contribution in [3.63, 3.8) is 0 Å². The third-order valence-electron chi connectivity index (χ3n) is 5.57. The van der Waals surface area contributed by atoms with Crippen molar-refractivity contribution >= 4 is 28.3 Å². The molecule has 0 bridgehead atoms. The molecule has 0 atom stereocenters. The predicted molar refractivity (Wildman–Crippen MR) is 116 cm³/mol. The SMILES string of the molecule is CCCCCCNc1ccc2c3c(cccc13)C(=O)N(CCCCCC)C2=O. The maximum atomic E-state index is 13.0. The number of hydrogen-bond donors (Lipinski definition) is 1. The number of rotatable bonds is 11. The van der Waals surface area contributed by atoms with Gasteiger partial charge in [-0.15, -0.1) is 0 Å². The van der Waals surface area contributed by atoms with Crippen molar-refractivity contribution in [3.05, 3.63) is 41.5 Å². The summed E-state index contributed by atoms with van der Waals surface area (Å²) in [6.07, 6.45) is 9.01. The van der Waals surface area contributed by atoms with Crippen molar-refractivity contribution in [2.24, 2.45) is 0 Å². The summed E-state index contributed by atoms with van der Waals surface area (Å²) in [4.78, 5) is 27.4. The molecule has 0 saturated carbocycles. The third kappa shape index (κ3) is 4.21. The minimum absolute atomic E-state index is 0.153. The highest BCUT2D eigenvalue weighted by molar-refractivity contribution is 6.26. The van der Waals surface area contributed by atoms with Crippen molar-refractivity contribution in [2.75, 3.05) is 18.4 Å². The Morgan fingerprint density at radius 1 is 0.786 bits per heavy atom. The van der Waals surface area contributed by atoms with Crippen molar-refractivity contribution < 1.29 is 9.59 Å². The summed E-state index contributed by atoms with van der Waals surface area (Å²) in [5.41, 5.74) is 2.31. The zero-order chi connectivity index (χ0) is 19.9. The number of carbonyl (C=O) groups is 2. The highest BCUT2D eigenvalue weighted by Crippen LogP contribution is 2.34. The zero-order valence-corrected chi connectivity index (χ0v) is 17.2. The molecule has 4 nitrogen and oxygen atoms in total. The van der Waals surface area contributed by atoms with Crippen molar-refractivity contribution in [2.45, 2.75) is 65.2 Å². The molecule has 4 heteroatoms. The van der Waals surface area contributed by atoms with Crippen LogP contribution in [0.25, 0.3) is 10.8 Å². The maximum Gasteiger partial charge on any atom is 0.261 e. The Balaban J connectivity index is 1.83. The van der Waals surface area contributed by atoms with Gasteiger partial charge in [0, 0.05) is 40.7 Å². The molecule has 1 heterocycles. The average Bonchev–Trinajstić information content (AvgIpc) is 2.71. The Morgan fingerprint density at radius 3 is 2.18 bits per heavy atom. The Bertz CT molecular complexity index is 822. The molecule has 1 aliphatic rings. The number of hydrogen-bond acceptors (Lipinski definition) is 3. The van der Waals surface area contributed by atoms with E-state index in [0.29, 0.717) is 17.7 Å². The lowest BCUT2D eigenvalue weighted by atomic mass is 9.92. The van der Waals surface area contributed by atoms with Crippen LogP contribution in [0.1, 0.15) is 85.9 Å². The number of imide groups is 1. The molecule has 0 aromatic heterocycles. The summed E-state index contributed by atoms with van der Waals surface area (Å²) in [7, 11) is 0. The van der Waals surface area contributed by atoms with Gasteiger partial charge >= 0.3 is 0 Å². The van der Waals surface area contributed by atoms with Gasteiger partial charge in [-0.25, -0.2) is 0 Å². The van der Waals surface area contributed by atoms with Crippen LogP contribution in [0.4, 0.5) is 5.69 Å². The molecule has 0 saturated heterocycles. The van der Waals surface area contributed by atoms with Crippen LogP contribution in [0.15, 0.2) is 30.3 Å². The maximum absolute atomic E-state index is 13.0. The van der Waals surface area contributed by atoms with E-state index in [1.54, 1.807) is 0 Å². The summed E-state index contributed by atoms with van der Waals surface area (Å²) < 4.78 is 0. The third-order valence-corrected chi connectivity index (χ3v) is 5.57. The molecule has 1 aliphatic heterocycles. The first kappa shape index (κ1) is 20.4. The Hall–Kier alpha value is -2.36. The molecule has 0 aliphatic carbocycles. The van der Waals surface area contributed by atoms with E-state index in [1.165, 1.54) is 24.2 Å². The zero-order valence-electron chi connectivity index (χ0n) is 17.2. The van der Waals surface area contributed by atoms with Crippen LogP contribution in [-0.4, -0.2) is 29.8 Å². The molecule has 0 fully saturated rings. The first-order valence-corrected chi connectivity index (χ1v) is 10.8. The van der Waals surface area contributed by atoms with Gasteiger partial charge in [0.2, 0.25) is 0 Å². The highest BCUT2D eigenvalue weighted by Gasteiger charge is 2.32. The number of benzene rings is 2. The van der Waals surface area contributed by atoms with Crippen LogP contribution in [0.5, 0.6) is 0 Å². The van der Waals surface area contributed by atoms with Crippen molar-refractivity contribution in [3.8, 4) is 0 Å². The van der Waals surface area contributed by atoms with E-state index in [-0.39, 0.29) is 11.8 Å². The standard InChI is InChI=1S/C24H32N2O2/c1-3-5-7-9-16-25-21-15-14-20-22-18(21)12-11-13-19(22)23(27)26(24(20)28)17-10-8-6-4-2/h11-15,25H,3-10,16-17H2,1-2H3. The minimum Gasteiger partial charge on any atom is -0.385 e. The first-order valence-electron chi connectivity index (χ1n) is 10.8. The van der Waals surface area contributed by atoms with Gasteiger partial charge in [0.25, 0.3) is 11.8 Å². The molecule has 0 spiro atoms. The van der Waals surface area contributed by atoms with E-state index in [0.717, 1.165) is 55.1 Å². The van der Waals surface area contributed by atoms with E-state index in [2.05, 4.69) is 19.2 Å². The summed E-state index contributed by atoms with van der Waals surface area (Å²) in [6.45, 7) is 5.78. The largest absolute Gasteiger partial charge is 0.385 e. The van der Waals surface area contributed by atoms with E-state index < -0.39 is 0 Å². The lowest BCUT2D eigenvalue weighted by Crippen LogP contribution is -2.40. The Labute approximate surface area is 168 Å². The van der Waals surface area contributed by atoms with Crippen LogP contribution in [0.3, 0.4) is 0 Å². The van der Waals surface area contributed by atoms with Gasteiger partial charge in [-0.2, -0.15) is 0 Å². The molecule has 0 unspecified atom stereocenters. The number of amides is 2. The number of unbranched alkanes of at least 4 members (excludes halogenated alkanes) is 6. The molecule has 2 amide bonds. The average molecular weight is 381 g/mol. The quantitative estimate of drug-likeness (QED) is 0.384. The summed E-state index contributed by atoms with van der Waals surface area (Å²) in [5.74, 6) is -0.306. The first-order chi connectivity index (χ1) is 13.7. The van der Waals surface area contributed by atoms with Gasteiger partial charge in [0.1, 0.15) is 0 Å². The second kappa shape index (κ2) is 9.72. The molecule has 0 radical (unpaired) electrons. The number of anilines is 1. The molecule has 1 N–H and O–H groups in total. The predicted octanol–water partition coefficient (Wildman–Crippen LogP) is 6.01. The monoisotopic (exact) mass is 380 g/mol. The fourth-order valence-electron chi connectivity index (χ4n) is 3.97. The van der Waals surface area contributed by atoms with Crippen LogP contribution in [0.2, 0.25) is 0 Å². The van der Waals surface area contributed by atoms with Gasteiger partial charge in [-0.1, -0.05) is 64.5 Å². The summed E-state index contributed by atoms with van der Waals surface area (Å²) in [5, 5.41) is 5.28. The second-order valence-corrected chi connectivity index (χ2v) is 7.70. The molecule has 28 heavy (non-hydrogen) atoms. The highest BCUT2D eigenvalue weighted by atomic mass is 16.2. The topological polar surface area (TPSA) is 49.4 Å². The molecule has 2 aromatic carbocycles. The normalized spacial score (nSPS) is 13.4. The van der Waals surface area contributed by atoms with Crippen LogP contribution >= 0.6 is 0 Å². The van der Waals surface area contributed by atoms with E-state index in [4.69, 9.17) is 0 Å². The summed E-state index contributed by atoms with van der Waals surface area (Å²) >= 11 is 0. The molecular formula is C24H32N2O2. The van der Waals surface area contributed by atoms with E-state index >= 15 is 0 Å². The number of nitrogens with one attached hydrogen (secondary N) is 1. The number of nitrogens with zero attached hydrogens (tertiary/aromatic N) is 1. The molecule has 3 rings (SSSR count). The van der Waals surface area contributed by atoms with Crippen LogP contribution < -0.4 is 5.32 Å². The lowest BCUT2D eigenvalue weighted by molar-refractivity contribution is 0.0608. The van der Waals surface area contributed by atoms with Crippen molar-refractivity contribution in [1.82, 2.24) is 4.90 Å². The van der Waals surface area contributed by atoms with Crippen LogP contribution in [0, 0.1) is 0 Å². The molecular weight excluding hydrogens is 348 g/mol. The van der Waals surface area contributed by atoms with Gasteiger partial charge in [-0.3, -0.25) is 14.5 Å². The Morgan fingerprint density at radius 2 is 1.46 bits per heavy atom. The number of carbonyl (C=O) groups excluding carboxylic acids is 2. The van der Waals surface area contributed by atoms with Gasteiger partial charge in [0.15, 0.2) is 0 Å². The Kier molecular flexibility index (Phi) is 7.07. The fraction of sp³-hybridized carbons (Fsp3) is 0.500. The summed E-state index contributed by atoms with van der Waals surface area (Å²) in [6, 6.07) is 9.66. The fourth-order valence-corrected chi connectivity index (χ4v) is 3.97. The second-order valence-electron chi connectivity index (χ2n) is 7.70. The molecule has 2 aromatic rings. The van der Waals surface area contributed by atoms with E-state index in [1.807, 2.05) is 30.3 Å². The van der Waals surface area contributed by atoms with Crippen LogP contribution in [-0.2, 0) is 0 Å². The van der Waals surface area contributed by atoms with E-state index in [9.17, 15) is 9.59 Å². The van der Waals surface area contributed by atoms with Gasteiger partial charge < -0.3 is 5.32 Å². The van der Waals surface area contributed by atoms with Gasteiger partial charge in [0.05, 0.1) is 0 Å². The lowest BCUT2D eigenvalue weighted by Gasteiger charge is -2.28.